The molecule has 6 nitrogen and oxygen atoms in total. The van der Waals surface area contributed by atoms with E-state index in [2.05, 4.69) is 9.72 Å². The summed E-state index contributed by atoms with van der Waals surface area (Å²) < 4.78 is 7.67. The molecule has 0 atom stereocenters. The SMILES string of the molecule is COC(=O)c1ncn2c3cccc(Cl)c3c(=O)n(C)c12. The molecule has 0 saturated carbocycles. The van der Waals surface area contributed by atoms with E-state index in [0.717, 1.165) is 0 Å². The van der Waals surface area contributed by atoms with Crippen molar-refractivity contribution in [3.05, 3.63) is 45.6 Å². The van der Waals surface area contributed by atoms with Gasteiger partial charge in [-0.1, -0.05) is 17.7 Å². The second-order valence-electron chi connectivity index (χ2n) is 4.28. The maximum atomic E-state index is 12.4. The predicted molar refractivity (Wildman–Crippen MR) is 74.3 cm³/mol. The first-order valence-electron chi connectivity index (χ1n) is 5.79. The molecule has 2 heterocycles. The average molecular weight is 292 g/mol. The van der Waals surface area contributed by atoms with E-state index in [-0.39, 0.29) is 11.3 Å². The number of halogens is 1. The van der Waals surface area contributed by atoms with Gasteiger partial charge >= 0.3 is 5.97 Å². The Morgan fingerprint density at radius 2 is 2.15 bits per heavy atom. The van der Waals surface area contributed by atoms with Crippen LogP contribution in [0.2, 0.25) is 5.02 Å². The summed E-state index contributed by atoms with van der Waals surface area (Å²) in [6.07, 6.45) is 1.47. The van der Waals surface area contributed by atoms with Gasteiger partial charge in [-0.2, -0.15) is 0 Å². The summed E-state index contributed by atoms with van der Waals surface area (Å²) in [6.45, 7) is 0. The standard InChI is InChI=1S/C13H10ClN3O3/c1-16-11-10(13(19)20-2)15-6-17(11)8-5-3-4-7(14)9(8)12(16)18/h3-6H,1-2H3. The molecule has 20 heavy (non-hydrogen) atoms. The second-order valence-corrected chi connectivity index (χ2v) is 4.68. The highest BCUT2D eigenvalue weighted by Crippen LogP contribution is 2.22. The third kappa shape index (κ3) is 1.55. The number of carbonyl (C=O) groups excluding carboxylic acids is 1. The molecule has 0 radical (unpaired) electrons. The molecule has 2 aromatic heterocycles. The molecular formula is C13H10ClN3O3. The van der Waals surface area contributed by atoms with Crippen molar-refractivity contribution in [1.82, 2.24) is 14.0 Å². The van der Waals surface area contributed by atoms with Crippen LogP contribution in [0.15, 0.2) is 29.3 Å². The molecule has 3 rings (SSSR count). The molecule has 0 amide bonds. The molecule has 0 bridgehead atoms. The van der Waals surface area contributed by atoms with Gasteiger partial charge in [0.2, 0.25) is 0 Å². The molecule has 1 aromatic carbocycles. The number of esters is 1. The molecule has 102 valence electrons. The summed E-state index contributed by atoms with van der Waals surface area (Å²) in [5, 5.41) is 0.747. The molecule has 3 aromatic rings. The fourth-order valence-electron chi connectivity index (χ4n) is 2.27. The highest BCUT2D eigenvalue weighted by molar-refractivity contribution is 6.35. The van der Waals surface area contributed by atoms with Gasteiger partial charge < -0.3 is 4.74 Å². The van der Waals surface area contributed by atoms with E-state index < -0.39 is 5.97 Å². The number of nitrogens with zero attached hydrogens (tertiary/aromatic N) is 3. The zero-order chi connectivity index (χ0) is 14.4. The van der Waals surface area contributed by atoms with E-state index in [4.69, 9.17) is 11.6 Å². The number of carbonyl (C=O) groups is 1. The Balaban J connectivity index is 2.59. The first kappa shape index (κ1) is 12.7. The summed E-state index contributed by atoms with van der Waals surface area (Å²) in [7, 11) is 2.83. The highest BCUT2D eigenvalue weighted by atomic mass is 35.5. The van der Waals surface area contributed by atoms with E-state index >= 15 is 0 Å². The van der Waals surface area contributed by atoms with E-state index in [1.807, 2.05) is 0 Å². The number of ether oxygens (including phenoxy) is 1. The van der Waals surface area contributed by atoms with Crippen LogP contribution in [0.3, 0.4) is 0 Å². The average Bonchev–Trinajstić information content (AvgIpc) is 2.88. The van der Waals surface area contributed by atoms with Crippen molar-refractivity contribution in [2.45, 2.75) is 0 Å². The Morgan fingerprint density at radius 1 is 1.40 bits per heavy atom. The van der Waals surface area contributed by atoms with Crippen LogP contribution in [0.25, 0.3) is 16.6 Å². The zero-order valence-electron chi connectivity index (χ0n) is 10.8. The Morgan fingerprint density at radius 3 is 2.85 bits per heavy atom. The molecule has 0 aliphatic carbocycles. The first-order valence-corrected chi connectivity index (χ1v) is 6.16. The van der Waals surface area contributed by atoms with Gasteiger partial charge in [-0.3, -0.25) is 13.8 Å². The molecule has 0 fully saturated rings. The quantitative estimate of drug-likeness (QED) is 0.639. The van der Waals surface area contributed by atoms with Gasteiger partial charge in [0.25, 0.3) is 5.56 Å². The summed E-state index contributed by atoms with van der Waals surface area (Å²) in [5.74, 6) is -0.594. The van der Waals surface area contributed by atoms with Crippen molar-refractivity contribution in [2.24, 2.45) is 7.05 Å². The van der Waals surface area contributed by atoms with Gasteiger partial charge in [0.1, 0.15) is 6.33 Å². The molecule has 0 aliphatic heterocycles. The van der Waals surface area contributed by atoms with Crippen LogP contribution in [-0.2, 0) is 11.8 Å². The lowest BCUT2D eigenvalue weighted by Crippen LogP contribution is -2.21. The lowest BCUT2D eigenvalue weighted by Gasteiger charge is -2.08. The van der Waals surface area contributed by atoms with Gasteiger partial charge in [0.15, 0.2) is 11.3 Å². The van der Waals surface area contributed by atoms with E-state index in [1.54, 1.807) is 29.6 Å². The van der Waals surface area contributed by atoms with Gasteiger partial charge in [0.05, 0.1) is 23.0 Å². The summed E-state index contributed by atoms with van der Waals surface area (Å²) in [6, 6.07) is 5.13. The molecular weight excluding hydrogens is 282 g/mol. The Labute approximate surface area is 118 Å². The number of hydrogen-bond acceptors (Lipinski definition) is 4. The minimum absolute atomic E-state index is 0.0916. The fraction of sp³-hybridized carbons (Fsp3) is 0.154. The summed E-state index contributed by atoms with van der Waals surface area (Å²) in [4.78, 5) is 28.2. The number of hydrogen-bond donors (Lipinski definition) is 0. The Bertz CT molecular complexity index is 910. The maximum absolute atomic E-state index is 12.4. The van der Waals surface area contributed by atoms with Crippen LogP contribution in [-0.4, -0.2) is 27.0 Å². The van der Waals surface area contributed by atoms with Crippen molar-refractivity contribution >= 4 is 34.1 Å². The number of aryl methyl sites for hydroxylation is 1. The Hall–Kier alpha value is -2.34. The van der Waals surface area contributed by atoms with E-state index in [1.165, 1.54) is 18.0 Å². The number of imidazole rings is 1. The maximum Gasteiger partial charge on any atom is 0.360 e. The topological polar surface area (TPSA) is 65.6 Å². The third-order valence-electron chi connectivity index (χ3n) is 3.21. The van der Waals surface area contributed by atoms with Crippen LogP contribution in [0.5, 0.6) is 0 Å². The summed E-state index contributed by atoms with van der Waals surface area (Å²) in [5.41, 5.74) is 0.771. The largest absolute Gasteiger partial charge is 0.464 e. The minimum Gasteiger partial charge on any atom is -0.464 e. The van der Waals surface area contributed by atoms with E-state index in [0.29, 0.717) is 21.6 Å². The van der Waals surface area contributed by atoms with Crippen molar-refractivity contribution in [2.75, 3.05) is 7.11 Å². The number of rotatable bonds is 1. The number of aromatic nitrogens is 3. The molecule has 0 saturated heterocycles. The fourth-order valence-corrected chi connectivity index (χ4v) is 2.52. The number of methoxy groups -OCH3 is 1. The highest BCUT2D eigenvalue weighted by Gasteiger charge is 2.20. The monoisotopic (exact) mass is 291 g/mol. The minimum atomic E-state index is -0.594. The normalized spacial score (nSPS) is 11.2. The van der Waals surface area contributed by atoms with Gasteiger partial charge in [-0.15, -0.1) is 0 Å². The van der Waals surface area contributed by atoms with Crippen LogP contribution >= 0.6 is 11.6 Å². The second kappa shape index (κ2) is 4.35. The van der Waals surface area contributed by atoms with Gasteiger partial charge in [-0.05, 0) is 12.1 Å². The van der Waals surface area contributed by atoms with Crippen LogP contribution in [0.4, 0.5) is 0 Å². The van der Waals surface area contributed by atoms with Crippen LogP contribution < -0.4 is 5.56 Å². The van der Waals surface area contributed by atoms with E-state index in [9.17, 15) is 9.59 Å². The van der Waals surface area contributed by atoms with Gasteiger partial charge in [0, 0.05) is 7.05 Å². The molecule has 0 unspecified atom stereocenters. The molecule has 0 N–H and O–H groups in total. The van der Waals surface area contributed by atoms with Crippen molar-refractivity contribution < 1.29 is 9.53 Å². The molecule has 7 heteroatoms. The first-order chi connectivity index (χ1) is 9.56. The molecule has 0 aliphatic rings. The predicted octanol–water partition coefficient (Wildman–Crippen LogP) is 1.63. The molecule has 0 spiro atoms. The Kier molecular flexibility index (Phi) is 2.76. The lowest BCUT2D eigenvalue weighted by molar-refractivity contribution is 0.0596. The lowest BCUT2D eigenvalue weighted by atomic mass is 10.2. The van der Waals surface area contributed by atoms with Crippen molar-refractivity contribution in [3.63, 3.8) is 0 Å². The smallest absolute Gasteiger partial charge is 0.360 e. The van der Waals surface area contributed by atoms with Crippen LogP contribution in [0, 0.1) is 0 Å². The zero-order valence-corrected chi connectivity index (χ0v) is 11.5. The number of fused-ring (bicyclic) bond motifs is 3. The van der Waals surface area contributed by atoms with Crippen molar-refractivity contribution in [3.8, 4) is 0 Å². The van der Waals surface area contributed by atoms with Crippen molar-refractivity contribution in [1.29, 1.82) is 0 Å². The third-order valence-corrected chi connectivity index (χ3v) is 3.52. The van der Waals surface area contributed by atoms with Crippen LogP contribution in [0.1, 0.15) is 10.5 Å². The number of benzene rings is 1. The summed E-state index contributed by atoms with van der Waals surface area (Å²) >= 11 is 6.09. The van der Waals surface area contributed by atoms with Gasteiger partial charge in [-0.25, -0.2) is 9.78 Å².